The van der Waals surface area contributed by atoms with Gasteiger partial charge in [-0.05, 0) is 44.0 Å². The molecule has 1 aliphatic heterocycles. The van der Waals surface area contributed by atoms with Crippen molar-refractivity contribution in [1.82, 2.24) is 4.90 Å². The second-order valence-electron chi connectivity index (χ2n) is 5.02. The molecule has 1 heterocycles. The minimum atomic E-state index is -0.795. The van der Waals surface area contributed by atoms with Gasteiger partial charge in [0.1, 0.15) is 6.04 Å². The number of benzene rings is 1. The van der Waals surface area contributed by atoms with E-state index in [1.807, 2.05) is 4.90 Å². The fraction of sp³-hybridized carbons (Fsp3) is 0.533. The molecule has 5 heteroatoms. The Bertz CT molecular complexity index is 478. The van der Waals surface area contributed by atoms with E-state index < -0.39 is 17.8 Å². The summed E-state index contributed by atoms with van der Waals surface area (Å²) >= 11 is 0. The number of hydrogen-bond acceptors (Lipinski definition) is 3. The summed E-state index contributed by atoms with van der Waals surface area (Å²) < 4.78 is 18.9. The van der Waals surface area contributed by atoms with Crippen LogP contribution in [-0.2, 0) is 11.3 Å². The number of likely N-dealkylation sites (tertiary alicyclic amines) is 1. The van der Waals surface area contributed by atoms with Crippen molar-refractivity contribution < 1.29 is 19.0 Å². The Morgan fingerprint density at radius 3 is 2.95 bits per heavy atom. The molecule has 0 aromatic heterocycles. The first-order chi connectivity index (χ1) is 9.61. The second kappa shape index (κ2) is 6.70. The number of ether oxygens (including phenoxy) is 1. The van der Waals surface area contributed by atoms with Crippen LogP contribution in [0, 0.1) is 5.82 Å². The van der Waals surface area contributed by atoms with E-state index in [4.69, 9.17) is 4.74 Å². The Morgan fingerprint density at radius 2 is 2.30 bits per heavy atom. The van der Waals surface area contributed by atoms with Gasteiger partial charge >= 0.3 is 5.97 Å². The predicted octanol–water partition coefficient (Wildman–Crippen LogP) is 2.66. The highest BCUT2D eigenvalue weighted by atomic mass is 19.1. The molecule has 0 saturated carbocycles. The summed E-state index contributed by atoms with van der Waals surface area (Å²) in [6, 6.07) is 4.37. The third-order valence-corrected chi connectivity index (χ3v) is 3.58. The third kappa shape index (κ3) is 3.48. The average Bonchev–Trinajstić information content (AvgIpc) is 2.42. The Morgan fingerprint density at radius 1 is 1.50 bits per heavy atom. The molecule has 1 aliphatic rings. The number of carbonyl (C=O) groups is 1. The van der Waals surface area contributed by atoms with E-state index in [0.29, 0.717) is 19.6 Å². The molecule has 1 saturated heterocycles. The summed E-state index contributed by atoms with van der Waals surface area (Å²) in [6.45, 7) is 3.42. The van der Waals surface area contributed by atoms with Crippen molar-refractivity contribution in [3.8, 4) is 5.75 Å². The number of rotatable bonds is 5. The van der Waals surface area contributed by atoms with E-state index >= 15 is 0 Å². The van der Waals surface area contributed by atoms with Gasteiger partial charge in [-0.15, -0.1) is 0 Å². The number of carboxylic acids is 1. The van der Waals surface area contributed by atoms with Crippen molar-refractivity contribution in [2.24, 2.45) is 0 Å². The Hall–Kier alpha value is -1.62. The van der Waals surface area contributed by atoms with Gasteiger partial charge in [0.05, 0.1) is 6.61 Å². The smallest absolute Gasteiger partial charge is 0.320 e. The number of piperidine rings is 1. The first-order valence-electron chi connectivity index (χ1n) is 7.00. The van der Waals surface area contributed by atoms with Crippen LogP contribution in [-0.4, -0.2) is 35.2 Å². The molecule has 0 radical (unpaired) electrons. The van der Waals surface area contributed by atoms with Gasteiger partial charge in [0.15, 0.2) is 11.6 Å². The molecule has 0 aliphatic carbocycles. The molecule has 2 rings (SSSR count). The van der Waals surface area contributed by atoms with Gasteiger partial charge in [0.2, 0.25) is 0 Å². The first kappa shape index (κ1) is 14.8. The van der Waals surface area contributed by atoms with Crippen LogP contribution in [0.25, 0.3) is 0 Å². The zero-order chi connectivity index (χ0) is 14.5. The number of carboxylic acid groups (broad SMARTS) is 1. The zero-order valence-corrected chi connectivity index (χ0v) is 11.6. The molecular weight excluding hydrogens is 261 g/mol. The quantitative estimate of drug-likeness (QED) is 0.901. The van der Waals surface area contributed by atoms with E-state index in [9.17, 15) is 14.3 Å². The fourth-order valence-electron chi connectivity index (χ4n) is 2.61. The molecule has 1 aromatic rings. The van der Waals surface area contributed by atoms with E-state index in [1.165, 1.54) is 6.07 Å². The van der Waals surface area contributed by atoms with Crippen LogP contribution in [0.5, 0.6) is 5.75 Å². The maximum atomic E-state index is 13.8. The number of hydrogen-bond donors (Lipinski definition) is 1. The molecular formula is C15H20FNO3. The lowest BCUT2D eigenvalue weighted by Gasteiger charge is -2.32. The van der Waals surface area contributed by atoms with E-state index in [0.717, 1.165) is 24.9 Å². The van der Waals surface area contributed by atoms with Crippen molar-refractivity contribution in [2.75, 3.05) is 13.2 Å². The summed E-state index contributed by atoms with van der Waals surface area (Å²) in [5, 5.41) is 9.22. The molecule has 1 atom stereocenters. The van der Waals surface area contributed by atoms with E-state index in [-0.39, 0.29) is 5.75 Å². The topological polar surface area (TPSA) is 49.8 Å². The first-order valence-corrected chi connectivity index (χ1v) is 7.00. The van der Waals surface area contributed by atoms with Crippen molar-refractivity contribution in [2.45, 2.75) is 38.8 Å². The number of aliphatic carboxylic acids is 1. The summed E-state index contributed by atoms with van der Waals surface area (Å²) in [5.74, 6) is -0.950. The van der Waals surface area contributed by atoms with Crippen LogP contribution < -0.4 is 4.74 Å². The maximum absolute atomic E-state index is 13.8. The third-order valence-electron chi connectivity index (χ3n) is 3.58. The van der Waals surface area contributed by atoms with Crippen LogP contribution in [0.4, 0.5) is 4.39 Å². The Labute approximate surface area is 118 Å². The summed E-state index contributed by atoms with van der Waals surface area (Å²) in [7, 11) is 0. The maximum Gasteiger partial charge on any atom is 0.320 e. The number of halogens is 1. The molecule has 20 heavy (non-hydrogen) atoms. The standard InChI is InChI=1S/C15H20FNO3/c1-2-20-14-7-6-11(9-12(14)16)10-17-8-4-3-5-13(17)15(18)19/h6-7,9,13H,2-5,8,10H2,1H3,(H,18,19). The van der Waals surface area contributed by atoms with Crippen LogP contribution in [0.15, 0.2) is 18.2 Å². The molecule has 0 spiro atoms. The van der Waals surface area contributed by atoms with E-state index in [1.54, 1.807) is 19.1 Å². The molecule has 0 amide bonds. The predicted molar refractivity (Wildman–Crippen MR) is 73.3 cm³/mol. The number of nitrogens with zero attached hydrogens (tertiary/aromatic N) is 1. The molecule has 4 nitrogen and oxygen atoms in total. The molecule has 1 fully saturated rings. The van der Waals surface area contributed by atoms with Crippen LogP contribution in [0.2, 0.25) is 0 Å². The zero-order valence-electron chi connectivity index (χ0n) is 11.6. The minimum absolute atomic E-state index is 0.240. The monoisotopic (exact) mass is 281 g/mol. The highest BCUT2D eigenvalue weighted by Crippen LogP contribution is 2.23. The minimum Gasteiger partial charge on any atom is -0.491 e. The van der Waals surface area contributed by atoms with Gasteiger partial charge in [-0.2, -0.15) is 0 Å². The lowest BCUT2D eigenvalue weighted by atomic mass is 10.0. The van der Waals surface area contributed by atoms with Gasteiger partial charge in [-0.25, -0.2) is 4.39 Å². The molecule has 0 bridgehead atoms. The van der Waals surface area contributed by atoms with E-state index in [2.05, 4.69) is 0 Å². The van der Waals surface area contributed by atoms with Crippen molar-refractivity contribution in [3.05, 3.63) is 29.6 Å². The van der Waals surface area contributed by atoms with Gasteiger partial charge in [-0.3, -0.25) is 9.69 Å². The van der Waals surface area contributed by atoms with Crippen LogP contribution >= 0.6 is 0 Å². The summed E-state index contributed by atoms with van der Waals surface area (Å²) in [5.41, 5.74) is 0.777. The molecule has 1 aromatic carbocycles. The van der Waals surface area contributed by atoms with Gasteiger partial charge < -0.3 is 9.84 Å². The van der Waals surface area contributed by atoms with Crippen molar-refractivity contribution >= 4 is 5.97 Å². The normalized spacial score (nSPS) is 19.8. The highest BCUT2D eigenvalue weighted by Gasteiger charge is 2.28. The van der Waals surface area contributed by atoms with Gasteiger partial charge in [0, 0.05) is 6.54 Å². The average molecular weight is 281 g/mol. The molecule has 1 N–H and O–H groups in total. The van der Waals surface area contributed by atoms with Crippen LogP contribution in [0.1, 0.15) is 31.7 Å². The van der Waals surface area contributed by atoms with Gasteiger partial charge in [0.25, 0.3) is 0 Å². The van der Waals surface area contributed by atoms with Crippen LogP contribution in [0.3, 0.4) is 0 Å². The summed E-state index contributed by atoms with van der Waals surface area (Å²) in [4.78, 5) is 13.1. The van der Waals surface area contributed by atoms with Crippen molar-refractivity contribution in [3.63, 3.8) is 0 Å². The summed E-state index contributed by atoms with van der Waals surface area (Å²) in [6.07, 6.45) is 2.59. The SMILES string of the molecule is CCOc1ccc(CN2CCCCC2C(=O)O)cc1F. The largest absolute Gasteiger partial charge is 0.491 e. The lowest BCUT2D eigenvalue weighted by Crippen LogP contribution is -2.44. The highest BCUT2D eigenvalue weighted by molar-refractivity contribution is 5.73. The fourth-order valence-corrected chi connectivity index (χ4v) is 2.61. The Balaban J connectivity index is 2.08. The van der Waals surface area contributed by atoms with Crippen molar-refractivity contribution in [1.29, 1.82) is 0 Å². The second-order valence-corrected chi connectivity index (χ2v) is 5.02. The Kier molecular flexibility index (Phi) is 4.95. The molecule has 1 unspecified atom stereocenters. The molecule has 110 valence electrons. The lowest BCUT2D eigenvalue weighted by molar-refractivity contribution is -0.144. The van der Waals surface area contributed by atoms with Gasteiger partial charge in [-0.1, -0.05) is 12.5 Å².